The molecule has 8 heterocycles. The minimum atomic E-state index is 1.20. The van der Waals surface area contributed by atoms with Crippen LogP contribution in [0.2, 0.25) is 0 Å². The number of benzene rings is 12. The van der Waals surface area contributed by atoms with E-state index in [-0.39, 0.29) is 0 Å². The molecule has 0 bridgehead atoms. The average Bonchev–Trinajstić information content (AvgIpc) is 4.54. The smallest absolute Gasteiger partial charge is 0.0720 e. The first-order valence-corrected chi connectivity index (χ1v) is 29.9. The molecule has 0 aliphatic carbocycles. The second kappa shape index (κ2) is 14.6. The van der Waals surface area contributed by atoms with Gasteiger partial charge in [-0.2, -0.15) is 0 Å². The van der Waals surface area contributed by atoms with E-state index in [1.54, 1.807) is 0 Å². The Morgan fingerprint density at radius 2 is 0.679 bits per heavy atom. The van der Waals surface area contributed by atoms with Gasteiger partial charge < -0.3 is 8.80 Å². The Labute approximate surface area is 458 Å². The number of nitrogens with zero attached hydrogens (tertiary/aromatic N) is 2. The fraction of sp³-hybridized carbons (Fsp3) is 0. The van der Waals surface area contributed by atoms with Gasteiger partial charge in [-0.1, -0.05) is 158 Å². The summed E-state index contributed by atoms with van der Waals surface area (Å²) in [6, 6.07) is 84.0. The summed E-state index contributed by atoms with van der Waals surface area (Å²) < 4.78 is 15.9. The summed E-state index contributed by atoms with van der Waals surface area (Å²) in [6.45, 7) is 0. The van der Waals surface area contributed by atoms with Crippen LogP contribution in [0.1, 0.15) is 0 Å². The molecular weight excluding hydrogens is 1020 g/mol. The van der Waals surface area contributed by atoms with Crippen molar-refractivity contribution in [2.45, 2.75) is 0 Å². The van der Waals surface area contributed by atoms with Crippen molar-refractivity contribution in [3.8, 4) is 11.1 Å². The van der Waals surface area contributed by atoms with Crippen molar-refractivity contribution >= 4 is 224 Å². The number of fused-ring (bicyclic) bond motifs is 24. The zero-order chi connectivity index (χ0) is 50.2. The van der Waals surface area contributed by atoms with Gasteiger partial charge in [-0.3, -0.25) is 0 Å². The van der Waals surface area contributed by atoms with Crippen LogP contribution in [0.5, 0.6) is 0 Å². The van der Waals surface area contributed by atoms with Gasteiger partial charge in [-0.15, -0.1) is 45.3 Å². The Morgan fingerprint density at radius 3 is 1.44 bits per heavy atom. The van der Waals surface area contributed by atoms with Crippen molar-refractivity contribution in [1.82, 2.24) is 8.80 Å². The summed E-state index contributed by atoms with van der Waals surface area (Å²) in [5.74, 6) is 0. The molecule has 0 amide bonds. The van der Waals surface area contributed by atoms with Crippen molar-refractivity contribution in [2.24, 2.45) is 0 Å². The van der Waals surface area contributed by atoms with Gasteiger partial charge in [-0.25, -0.2) is 0 Å². The third-order valence-corrected chi connectivity index (χ3v) is 22.1. The van der Waals surface area contributed by atoms with Crippen LogP contribution in [0, 0.1) is 0 Å². The van der Waals surface area contributed by atoms with Gasteiger partial charge in [0.25, 0.3) is 0 Å². The summed E-state index contributed by atoms with van der Waals surface area (Å²) >= 11 is 7.69. The van der Waals surface area contributed by atoms with Crippen LogP contribution in [0.15, 0.2) is 218 Å². The largest absolute Gasteiger partial charge is 0.307 e. The van der Waals surface area contributed by atoms with Gasteiger partial charge in [0.2, 0.25) is 0 Å². The Kier molecular flexibility index (Phi) is 7.72. The highest BCUT2D eigenvalue weighted by molar-refractivity contribution is 7.27. The van der Waals surface area contributed by atoms with E-state index in [4.69, 9.17) is 0 Å². The first kappa shape index (κ1) is 41.3. The minimum absolute atomic E-state index is 1.20. The number of thiophene rings is 4. The maximum atomic E-state index is 2.70. The maximum absolute atomic E-state index is 2.70. The van der Waals surface area contributed by atoms with Gasteiger partial charge in [0, 0.05) is 108 Å². The van der Waals surface area contributed by atoms with Crippen molar-refractivity contribution in [2.75, 3.05) is 0 Å². The van der Waals surface area contributed by atoms with E-state index in [0.717, 1.165) is 0 Å². The van der Waals surface area contributed by atoms with Crippen molar-refractivity contribution in [3.05, 3.63) is 218 Å². The molecule has 12 aromatic carbocycles. The fourth-order valence-electron chi connectivity index (χ4n) is 14.5. The van der Waals surface area contributed by atoms with E-state index in [2.05, 4.69) is 227 Å². The Bertz CT molecular complexity index is 6190. The second-order valence-electron chi connectivity index (χ2n) is 21.3. The van der Waals surface area contributed by atoms with Gasteiger partial charge in [-0.05, 0) is 104 Å². The minimum Gasteiger partial charge on any atom is -0.307 e. The van der Waals surface area contributed by atoms with E-state index in [1.807, 2.05) is 45.3 Å². The lowest BCUT2D eigenvalue weighted by Crippen LogP contribution is -1.88. The molecule has 20 aromatic rings. The first-order valence-electron chi connectivity index (χ1n) is 26.6. The molecule has 0 fully saturated rings. The lowest BCUT2D eigenvalue weighted by atomic mass is 9.93. The quantitative estimate of drug-likeness (QED) is 0.155. The van der Waals surface area contributed by atoms with Crippen LogP contribution < -0.4 is 0 Å². The van der Waals surface area contributed by atoms with Crippen molar-refractivity contribution in [1.29, 1.82) is 0 Å². The molecule has 6 heteroatoms. The fourth-order valence-corrected chi connectivity index (χ4v) is 19.2. The molecule has 0 saturated heterocycles. The lowest BCUT2D eigenvalue weighted by molar-refractivity contribution is 1.37. The third-order valence-electron chi connectivity index (χ3n) is 17.6. The average molecular weight is 1060 g/mol. The molecule has 0 aliphatic rings. The Hall–Kier alpha value is -8.88. The van der Waals surface area contributed by atoms with Crippen LogP contribution >= 0.6 is 45.3 Å². The van der Waals surface area contributed by atoms with Crippen molar-refractivity contribution < 1.29 is 0 Å². The zero-order valence-electron chi connectivity index (χ0n) is 41.3. The standard InChI is InChI=1S/C72H36N2S4/c1-2-14-39-38(13-1)41-15-3-7-21-53(41)74-69-50(32-34-59-65(69)49-18-6-10-24-56(49)75-59)62-51(36-61-67(71(62)74)64-44(39)19-11-26-58(64)77-61)37-27-28-40-45-20-12-25-57-63(45)66-60(76-57)33-31-46-47-29-30-48-43-17-5-9-23-55(43)78-72(48)70(47)73(68(46)66)54-22-8-4-16-42(54)52(40)35-37/h1-36H. The molecule has 0 atom stereocenters. The molecule has 0 N–H and O–H groups in total. The summed E-state index contributed by atoms with van der Waals surface area (Å²) in [4.78, 5) is 0. The van der Waals surface area contributed by atoms with Gasteiger partial charge in [0.05, 0.1) is 37.8 Å². The van der Waals surface area contributed by atoms with Crippen LogP contribution in [0.3, 0.4) is 0 Å². The summed E-state index contributed by atoms with van der Waals surface area (Å²) in [6.07, 6.45) is 0. The number of aromatic nitrogens is 2. The maximum Gasteiger partial charge on any atom is 0.0720 e. The van der Waals surface area contributed by atoms with E-state index < -0.39 is 0 Å². The molecule has 0 radical (unpaired) electrons. The molecular formula is C72H36N2S4. The van der Waals surface area contributed by atoms with Crippen LogP contribution in [0.25, 0.3) is 190 Å². The predicted molar refractivity (Wildman–Crippen MR) is 345 cm³/mol. The molecule has 20 rings (SSSR count). The van der Waals surface area contributed by atoms with Gasteiger partial charge in [0.15, 0.2) is 0 Å². The highest BCUT2D eigenvalue weighted by Crippen LogP contribution is 2.53. The van der Waals surface area contributed by atoms with E-state index in [1.165, 1.54) is 190 Å². The Balaban J connectivity index is 1.04. The zero-order valence-corrected chi connectivity index (χ0v) is 44.6. The molecule has 8 aromatic heterocycles. The number of para-hydroxylation sites is 2. The van der Waals surface area contributed by atoms with Crippen LogP contribution in [-0.2, 0) is 0 Å². The Morgan fingerprint density at radius 1 is 0.218 bits per heavy atom. The SMILES string of the molecule is c1ccc2c(c1)sc1c2ccc2c3ccc4sc5cccc6c7ccc(-c8cc9sc%10cccc%11c%12ccccc%12c%12ccccc%12n%12c%13c(ccc%14sc%15ccccc%15c%14%13)c8c%12c9c%10%11)cc7c7ccccc7n(c21)c3c4c56. The molecule has 0 saturated carbocycles. The molecule has 78 heavy (non-hydrogen) atoms. The number of hydrogen-bond acceptors (Lipinski definition) is 4. The van der Waals surface area contributed by atoms with Crippen LogP contribution in [-0.4, -0.2) is 8.80 Å². The topological polar surface area (TPSA) is 8.82 Å². The van der Waals surface area contributed by atoms with E-state index >= 15 is 0 Å². The summed E-state index contributed by atoms with van der Waals surface area (Å²) in [5.41, 5.74) is 10.0. The van der Waals surface area contributed by atoms with E-state index in [9.17, 15) is 0 Å². The highest BCUT2D eigenvalue weighted by atomic mass is 32.1. The highest BCUT2D eigenvalue weighted by Gasteiger charge is 2.27. The summed E-state index contributed by atoms with van der Waals surface area (Å²) in [5, 5.41) is 25.8. The third kappa shape index (κ3) is 5.01. The number of hydrogen-bond donors (Lipinski definition) is 0. The van der Waals surface area contributed by atoms with Gasteiger partial charge in [0.1, 0.15) is 0 Å². The molecule has 0 unspecified atom stereocenters. The molecule has 2 nitrogen and oxygen atoms in total. The molecule has 0 spiro atoms. The normalized spacial score (nSPS) is 12.9. The predicted octanol–water partition coefficient (Wildman–Crippen LogP) is 22.6. The van der Waals surface area contributed by atoms with E-state index in [0.29, 0.717) is 0 Å². The second-order valence-corrected chi connectivity index (χ2v) is 25.6. The van der Waals surface area contributed by atoms with Crippen LogP contribution in [0.4, 0.5) is 0 Å². The first-order chi connectivity index (χ1) is 38.7. The molecule has 0 aliphatic heterocycles. The monoisotopic (exact) mass is 1060 g/mol. The van der Waals surface area contributed by atoms with Gasteiger partial charge >= 0.3 is 0 Å². The number of rotatable bonds is 1. The molecule has 358 valence electrons. The lowest BCUT2D eigenvalue weighted by Gasteiger charge is -2.11. The van der Waals surface area contributed by atoms with Crippen molar-refractivity contribution in [3.63, 3.8) is 0 Å². The summed E-state index contributed by atoms with van der Waals surface area (Å²) in [7, 11) is 0.